The highest BCUT2D eigenvalue weighted by atomic mass is 16.5. The van der Waals surface area contributed by atoms with Crippen molar-refractivity contribution in [2.45, 2.75) is 13.3 Å². The smallest absolute Gasteiger partial charge is 0.198 e. The zero-order valence-corrected chi connectivity index (χ0v) is 10.1. The van der Waals surface area contributed by atoms with Gasteiger partial charge in [0.15, 0.2) is 5.78 Å². The number of pyridine rings is 1. The molecule has 3 nitrogen and oxygen atoms in total. The molecule has 0 unspecified atom stereocenters. The quantitative estimate of drug-likeness (QED) is 0.756. The van der Waals surface area contributed by atoms with Gasteiger partial charge in [-0.25, -0.2) is 0 Å². The second-order valence-electron chi connectivity index (χ2n) is 4.36. The molecule has 0 saturated heterocycles. The van der Waals surface area contributed by atoms with E-state index in [4.69, 9.17) is 4.74 Å². The fourth-order valence-electron chi connectivity index (χ4n) is 2.26. The molecule has 0 fully saturated rings. The van der Waals surface area contributed by atoms with Crippen LogP contribution in [0.2, 0.25) is 0 Å². The first-order valence-electron chi connectivity index (χ1n) is 5.98. The number of fused-ring (bicyclic) bond motifs is 1. The lowest BCUT2D eigenvalue weighted by Crippen LogP contribution is -2.06. The van der Waals surface area contributed by atoms with Gasteiger partial charge in [0, 0.05) is 23.9 Å². The molecule has 1 aromatic heterocycles. The Morgan fingerprint density at radius 1 is 1.22 bits per heavy atom. The van der Waals surface area contributed by atoms with Crippen molar-refractivity contribution < 1.29 is 9.53 Å². The summed E-state index contributed by atoms with van der Waals surface area (Å²) in [5, 5.41) is 0. The first kappa shape index (κ1) is 11.0. The minimum absolute atomic E-state index is 0.0145. The third-order valence-corrected chi connectivity index (χ3v) is 3.21. The standard InChI is InChI=1S/C15H13NO2/c1-10-12(6-3-8-16-10)14(17)13-5-2-4-11-7-9-18-15(11)13/h2-6,8H,7,9H2,1H3. The Kier molecular flexibility index (Phi) is 2.59. The molecule has 0 aliphatic carbocycles. The summed E-state index contributed by atoms with van der Waals surface area (Å²) in [5.41, 5.74) is 3.14. The lowest BCUT2D eigenvalue weighted by Gasteiger charge is -2.08. The van der Waals surface area contributed by atoms with Crippen molar-refractivity contribution in [1.29, 1.82) is 0 Å². The van der Waals surface area contributed by atoms with E-state index >= 15 is 0 Å². The van der Waals surface area contributed by atoms with Crippen LogP contribution in [-0.4, -0.2) is 17.4 Å². The number of hydrogen-bond acceptors (Lipinski definition) is 3. The fraction of sp³-hybridized carbons (Fsp3) is 0.200. The summed E-state index contributed by atoms with van der Waals surface area (Å²) in [6.45, 7) is 2.50. The van der Waals surface area contributed by atoms with Gasteiger partial charge in [0.05, 0.1) is 12.2 Å². The number of hydrogen-bond donors (Lipinski definition) is 0. The minimum atomic E-state index is -0.0145. The van der Waals surface area contributed by atoms with E-state index < -0.39 is 0 Å². The number of aryl methyl sites for hydroxylation is 1. The molecule has 3 heteroatoms. The van der Waals surface area contributed by atoms with Crippen molar-refractivity contribution >= 4 is 5.78 Å². The van der Waals surface area contributed by atoms with Gasteiger partial charge in [-0.15, -0.1) is 0 Å². The molecule has 1 aliphatic heterocycles. The Balaban J connectivity index is 2.09. The van der Waals surface area contributed by atoms with Crippen molar-refractivity contribution in [2.75, 3.05) is 6.61 Å². The zero-order valence-electron chi connectivity index (χ0n) is 10.1. The second kappa shape index (κ2) is 4.26. The van der Waals surface area contributed by atoms with E-state index in [1.54, 1.807) is 18.3 Å². The molecule has 0 spiro atoms. The predicted octanol–water partition coefficient (Wildman–Crippen LogP) is 2.56. The van der Waals surface area contributed by atoms with Gasteiger partial charge in [-0.05, 0) is 30.7 Å². The van der Waals surface area contributed by atoms with E-state index in [0.717, 1.165) is 23.4 Å². The monoisotopic (exact) mass is 239 g/mol. The average Bonchev–Trinajstić information content (AvgIpc) is 2.86. The number of nitrogens with zero attached hydrogens (tertiary/aromatic N) is 1. The summed E-state index contributed by atoms with van der Waals surface area (Å²) < 4.78 is 5.57. The van der Waals surface area contributed by atoms with Gasteiger partial charge >= 0.3 is 0 Å². The molecule has 0 atom stereocenters. The van der Waals surface area contributed by atoms with Crippen LogP contribution < -0.4 is 4.74 Å². The maximum Gasteiger partial charge on any atom is 0.198 e. The van der Waals surface area contributed by atoms with Crippen LogP contribution in [-0.2, 0) is 6.42 Å². The molecule has 0 radical (unpaired) electrons. The number of rotatable bonds is 2. The highest BCUT2D eigenvalue weighted by molar-refractivity contribution is 6.11. The van der Waals surface area contributed by atoms with Gasteiger partial charge in [0.25, 0.3) is 0 Å². The van der Waals surface area contributed by atoms with E-state index in [9.17, 15) is 4.79 Å². The number of carbonyl (C=O) groups excluding carboxylic acids is 1. The van der Waals surface area contributed by atoms with Crippen LogP contribution in [0, 0.1) is 6.92 Å². The maximum absolute atomic E-state index is 12.5. The molecule has 0 bridgehead atoms. The Labute approximate surface area is 105 Å². The summed E-state index contributed by atoms with van der Waals surface area (Å²) >= 11 is 0. The minimum Gasteiger partial charge on any atom is -0.492 e. The van der Waals surface area contributed by atoms with Gasteiger partial charge in [-0.1, -0.05) is 12.1 Å². The number of ether oxygens (including phenoxy) is 1. The number of para-hydroxylation sites is 1. The van der Waals surface area contributed by atoms with Gasteiger partial charge in [0.1, 0.15) is 5.75 Å². The molecule has 3 rings (SSSR count). The number of benzene rings is 1. The summed E-state index contributed by atoms with van der Waals surface area (Å²) in [5.74, 6) is 0.727. The van der Waals surface area contributed by atoms with Crippen LogP contribution in [0.1, 0.15) is 27.2 Å². The SMILES string of the molecule is Cc1ncccc1C(=O)c1cccc2c1OCC2. The molecule has 0 N–H and O–H groups in total. The number of carbonyl (C=O) groups is 1. The summed E-state index contributed by atoms with van der Waals surface area (Å²) in [7, 11) is 0. The van der Waals surface area contributed by atoms with E-state index in [1.165, 1.54) is 0 Å². The summed E-state index contributed by atoms with van der Waals surface area (Å²) in [6.07, 6.45) is 2.57. The molecule has 2 aromatic rings. The third kappa shape index (κ3) is 1.68. The molecule has 0 amide bonds. The van der Waals surface area contributed by atoms with Gasteiger partial charge in [-0.2, -0.15) is 0 Å². The first-order chi connectivity index (χ1) is 8.77. The third-order valence-electron chi connectivity index (χ3n) is 3.21. The van der Waals surface area contributed by atoms with E-state index in [2.05, 4.69) is 4.98 Å². The van der Waals surface area contributed by atoms with E-state index in [0.29, 0.717) is 17.7 Å². The maximum atomic E-state index is 12.5. The zero-order chi connectivity index (χ0) is 12.5. The molecule has 90 valence electrons. The largest absolute Gasteiger partial charge is 0.492 e. The van der Waals surface area contributed by atoms with E-state index in [-0.39, 0.29) is 5.78 Å². The van der Waals surface area contributed by atoms with Gasteiger partial charge in [-0.3, -0.25) is 9.78 Å². The lowest BCUT2D eigenvalue weighted by atomic mass is 9.99. The molecule has 1 aromatic carbocycles. The van der Waals surface area contributed by atoms with Crippen molar-refractivity contribution in [2.24, 2.45) is 0 Å². The highest BCUT2D eigenvalue weighted by Crippen LogP contribution is 2.31. The number of aromatic nitrogens is 1. The Bertz CT molecular complexity index is 620. The van der Waals surface area contributed by atoms with Crippen molar-refractivity contribution in [3.05, 3.63) is 58.9 Å². The first-order valence-corrected chi connectivity index (χ1v) is 5.98. The van der Waals surface area contributed by atoms with Crippen LogP contribution >= 0.6 is 0 Å². The molecule has 0 saturated carbocycles. The molecule has 1 aliphatic rings. The topological polar surface area (TPSA) is 39.2 Å². The van der Waals surface area contributed by atoms with Crippen molar-refractivity contribution in [1.82, 2.24) is 4.98 Å². The predicted molar refractivity (Wildman–Crippen MR) is 68.0 cm³/mol. The normalized spacial score (nSPS) is 12.9. The number of ketones is 1. The molecular weight excluding hydrogens is 226 g/mol. The van der Waals surface area contributed by atoms with Crippen LogP contribution in [0.25, 0.3) is 0 Å². The van der Waals surface area contributed by atoms with E-state index in [1.807, 2.05) is 25.1 Å². The van der Waals surface area contributed by atoms with Crippen LogP contribution in [0.15, 0.2) is 36.5 Å². The lowest BCUT2D eigenvalue weighted by molar-refractivity contribution is 0.103. The highest BCUT2D eigenvalue weighted by Gasteiger charge is 2.22. The molecule has 18 heavy (non-hydrogen) atoms. The second-order valence-corrected chi connectivity index (χ2v) is 4.36. The van der Waals surface area contributed by atoms with Crippen LogP contribution in [0.3, 0.4) is 0 Å². The summed E-state index contributed by atoms with van der Waals surface area (Å²) in [4.78, 5) is 16.7. The van der Waals surface area contributed by atoms with Crippen molar-refractivity contribution in [3.63, 3.8) is 0 Å². The van der Waals surface area contributed by atoms with Crippen LogP contribution in [0.5, 0.6) is 5.75 Å². The summed E-state index contributed by atoms with van der Waals surface area (Å²) in [6, 6.07) is 9.32. The Hall–Kier alpha value is -2.16. The van der Waals surface area contributed by atoms with Crippen molar-refractivity contribution in [3.8, 4) is 5.75 Å². The fourth-order valence-corrected chi connectivity index (χ4v) is 2.26. The Morgan fingerprint density at radius 3 is 2.89 bits per heavy atom. The Morgan fingerprint density at radius 2 is 2.06 bits per heavy atom. The van der Waals surface area contributed by atoms with Crippen LogP contribution in [0.4, 0.5) is 0 Å². The average molecular weight is 239 g/mol. The van der Waals surface area contributed by atoms with Gasteiger partial charge < -0.3 is 4.74 Å². The molecule has 2 heterocycles. The molecular formula is C15H13NO2. The van der Waals surface area contributed by atoms with Gasteiger partial charge in [0.2, 0.25) is 0 Å².